The van der Waals surface area contributed by atoms with Crippen LogP contribution in [0, 0.1) is 0 Å². The van der Waals surface area contributed by atoms with E-state index < -0.39 is 18.5 Å². The summed E-state index contributed by atoms with van der Waals surface area (Å²) >= 11 is 0. The summed E-state index contributed by atoms with van der Waals surface area (Å²) in [6.45, 7) is 0.967. The molecule has 6 nitrogen and oxygen atoms in total. The minimum atomic E-state index is -0.730. The molecule has 1 N–H and O–H groups in total. The van der Waals surface area contributed by atoms with Gasteiger partial charge in [0.05, 0.1) is 6.26 Å². The standard InChI is InChI=1S/C21H17NO5/c1-14(23)16-8-5-9-17(12-16)22-19(24)13-27-21(25)20-18(10-11-26-20)15-6-3-2-4-7-15/h2-12H,13H2,1H3,(H,22,24). The molecule has 0 bridgehead atoms. The van der Waals surface area contributed by atoms with Crippen molar-refractivity contribution < 1.29 is 23.5 Å². The number of amides is 1. The lowest BCUT2D eigenvalue weighted by atomic mass is 10.1. The van der Waals surface area contributed by atoms with E-state index in [1.165, 1.54) is 13.2 Å². The van der Waals surface area contributed by atoms with E-state index in [0.29, 0.717) is 16.8 Å². The Morgan fingerprint density at radius 2 is 1.78 bits per heavy atom. The van der Waals surface area contributed by atoms with Crippen molar-refractivity contribution in [1.29, 1.82) is 0 Å². The highest BCUT2D eigenvalue weighted by molar-refractivity contribution is 5.99. The Hall–Kier alpha value is -3.67. The fraction of sp³-hybridized carbons (Fsp3) is 0.0952. The van der Waals surface area contributed by atoms with E-state index in [0.717, 1.165) is 5.56 Å². The number of carbonyl (C=O) groups is 3. The number of carbonyl (C=O) groups excluding carboxylic acids is 3. The number of hydrogen-bond acceptors (Lipinski definition) is 5. The Labute approximate surface area is 155 Å². The SMILES string of the molecule is CC(=O)c1cccc(NC(=O)COC(=O)c2occc2-c2ccccc2)c1. The molecule has 0 saturated carbocycles. The molecule has 3 aromatic rings. The summed E-state index contributed by atoms with van der Waals surface area (Å²) in [6.07, 6.45) is 1.40. The second-order valence-corrected chi connectivity index (χ2v) is 5.79. The number of benzene rings is 2. The minimum absolute atomic E-state index is 0.0348. The number of Topliss-reactive ketones (excluding diaryl/α,β-unsaturated/α-hetero) is 1. The summed E-state index contributed by atoms with van der Waals surface area (Å²) in [7, 11) is 0. The van der Waals surface area contributed by atoms with Gasteiger partial charge in [0.1, 0.15) is 0 Å². The first-order valence-electron chi connectivity index (χ1n) is 8.25. The van der Waals surface area contributed by atoms with Crippen LogP contribution in [0.5, 0.6) is 0 Å². The molecule has 3 rings (SSSR count). The summed E-state index contributed by atoms with van der Waals surface area (Å²) in [5.41, 5.74) is 2.33. The van der Waals surface area contributed by atoms with Crippen LogP contribution in [0.1, 0.15) is 27.8 Å². The summed E-state index contributed by atoms with van der Waals surface area (Å²) in [6, 6.07) is 17.4. The Morgan fingerprint density at radius 3 is 2.52 bits per heavy atom. The zero-order valence-corrected chi connectivity index (χ0v) is 14.6. The van der Waals surface area contributed by atoms with Crippen LogP contribution in [-0.4, -0.2) is 24.3 Å². The predicted octanol–water partition coefficient (Wildman–Crippen LogP) is 3.94. The quantitative estimate of drug-likeness (QED) is 0.529. The van der Waals surface area contributed by atoms with Crippen molar-refractivity contribution in [3.63, 3.8) is 0 Å². The molecule has 0 radical (unpaired) electrons. The molecular weight excluding hydrogens is 346 g/mol. The minimum Gasteiger partial charge on any atom is -0.457 e. The normalized spacial score (nSPS) is 10.3. The molecule has 0 spiro atoms. The smallest absolute Gasteiger partial charge is 0.375 e. The highest BCUT2D eigenvalue weighted by atomic mass is 16.5. The van der Waals surface area contributed by atoms with Crippen LogP contribution in [0.25, 0.3) is 11.1 Å². The van der Waals surface area contributed by atoms with Crippen molar-refractivity contribution in [3.05, 3.63) is 78.3 Å². The molecule has 0 aliphatic rings. The van der Waals surface area contributed by atoms with Gasteiger partial charge in [-0.15, -0.1) is 0 Å². The van der Waals surface area contributed by atoms with Gasteiger partial charge in [-0.3, -0.25) is 9.59 Å². The van der Waals surface area contributed by atoms with E-state index in [4.69, 9.17) is 9.15 Å². The third kappa shape index (κ3) is 4.49. The van der Waals surface area contributed by atoms with Crippen molar-refractivity contribution in [2.75, 3.05) is 11.9 Å². The van der Waals surface area contributed by atoms with E-state index in [1.807, 2.05) is 30.3 Å². The second kappa shape index (κ2) is 8.14. The fourth-order valence-electron chi connectivity index (χ4n) is 2.52. The number of ether oxygens (including phenoxy) is 1. The highest BCUT2D eigenvalue weighted by Crippen LogP contribution is 2.25. The van der Waals surface area contributed by atoms with Crippen LogP contribution in [0.3, 0.4) is 0 Å². The average molecular weight is 363 g/mol. The number of esters is 1. The van der Waals surface area contributed by atoms with Gasteiger partial charge in [0, 0.05) is 16.8 Å². The van der Waals surface area contributed by atoms with E-state index in [2.05, 4.69) is 5.32 Å². The van der Waals surface area contributed by atoms with Gasteiger partial charge < -0.3 is 14.5 Å². The number of hydrogen-bond donors (Lipinski definition) is 1. The fourth-order valence-corrected chi connectivity index (χ4v) is 2.52. The largest absolute Gasteiger partial charge is 0.457 e. The topological polar surface area (TPSA) is 85.6 Å². The van der Waals surface area contributed by atoms with E-state index in [1.54, 1.807) is 30.3 Å². The maximum absolute atomic E-state index is 12.3. The summed E-state index contributed by atoms with van der Waals surface area (Å²) in [5.74, 6) is -1.32. The Bertz CT molecular complexity index is 975. The number of furan rings is 1. The van der Waals surface area contributed by atoms with Crippen LogP contribution in [0.15, 0.2) is 71.3 Å². The van der Waals surface area contributed by atoms with Gasteiger partial charge in [-0.2, -0.15) is 0 Å². The molecule has 6 heteroatoms. The first-order valence-corrected chi connectivity index (χ1v) is 8.25. The summed E-state index contributed by atoms with van der Waals surface area (Å²) in [4.78, 5) is 35.7. The van der Waals surface area contributed by atoms with Crippen molar-refractivity contribution in [3.8, 4) is 11.1 Å². The van der Waals surface area contributed by atoms with E-state index >= 15 is 0 Å². The lowest BCUT2D eigenvalue weighted by molar-refractivity contribution is -0.119. The van der Waals surface area contributed by atoms with Gasteiger partial charge in [-0.1, -0.05) is 42.5 Å². The predicted molar refractivity (Wildman–Crippen MR) is 99.5 cm³/mol. The zero-order valence-electron chi connectivity index (χ0n) is 14.6. The molecule has 136 valence electrons. The van der Waals surface area contributed by atoms with Gasteiger partial charge in [0.2, 0.25) is 5.76 Å². The molecule has 0 fully saturated rings. The molecule has 0 unspecified atom stereocenters. The van der Waals surface area contributed by atoms with Crippen LogP contribution in [0.4, 0.5) is 5.69 Å². The molecular formula is C21H17NO5. The highest BCUT2D eigenvalue weighted by Gasteiger charge is 2.19. The Kier molecular flexibility index (Phi) is 5.47. The van der Waals surface area contributed by atoms with Crippen LogP contribution >= 0.6 is 0 Å². The van der Waals surface area contributed by atoms with Crippen molar-refractivity contribution in [2.45, 2.75) is 6.92 Å². The molecule has 1 amide bonds. The lowest BCUT2D eigenvalue weighted by Crippen LogP contribution is -2.21. The van der Waals surface area contributed by atoms with Gasteiger partial charge in [0.15, 0.2) is 12.4 Å². The number of rotatable bonds is 6. The van der Waals surface area contributed by atoms with Crippen molar-refractivity contribution in [2.24, 2.45) is 0 Å². The molecule has 0 atom stereocenters. The molecule has 0 aliphatic heterocycles. The average Bonchev–Trinajstić information content (AvgIpc) is 3.17. The van der Waals surface area contributed by atoms with Gasteiger partial charge in [-0.25, -0.2) is 4.79 Å². The first-order chi connectivity index (χ1) is 13.0. The monoisotopic (exact) mass is 363 g/mol. The van der Waals surface area contributed by atoms with Crippen molar-refractivity contribution >= 4 is 23.3 Å². The lowest BCUT2D eigenvalue weighted by Gasteiger charge is -2.07. The molecule has 27 heavy (non-hydrogen) atoms. The summed E-state index contributed by atoms with van der Waals surface area (Å²) < 4.78 is 10.3. The van der Waals surface area contributed by atoms with E-state index in [9.17, 15) is 14.4 Å². The van der Waals surface area contributed by atoms with Crippen molar-refractivity contribution in [1.82, 2.24) is 0 Å². The first kappa shape index (κ1) is 18.1. The maximum atomic E-state index is 12.3. The van der Waals surface area contributed by atoms with E-state index in [-0.39, 0.29) is 11.5 Å². The maximum Gasteiger partial charge on any atom is 0.375 e. The van der Waals surface area contributed by atoms with Crippen LogP contribution in [0.2, 0.25) is 0 Å². The second-order valence-electron chi connectivity index (χ2n) is 5.79. The number of nitrogens with one attached hydrogen (secondary N) is 1. The third-order valence-electron chi connectivity index (χ3n) is 3.82. The van der Waals surface area contributed by atoms with Gasteiger partial charge in [-0.05, 0) is 30.7 Å². The molecule has 1 heterocycles. The number of anilines is 1. The van der Waals surface area contributed by atoms with Crippen LogP contribution < -0.4 is 5.32 Å². The third-order valence-corrected chi connectivity index (χ3v) is 3.82. The van der Waals surface area contributed by atoms with Gasteiger partial charge in [0.25, 0.3) is 5.91 Å². The number of ketones is 1. The molecule has 2 aromatic carbocycles. The van der Waals surface area contributed by atoms with Crippen LogP contribution in [-0.2, 0) is 9.53 Å². The molecule has 0 saturated heterocycles. The summed E-state index contributed by atoms with van der Waals surface area (Å²) in [5, 5.41) is 2.59. The Morgan fingerprint density at radius 1 is 1.00 bits per heavy atom. The Balaban J connectivity index is 1.62. The molecule has 1 aromatic heterocycles. The molecule has 0 aliphatic carbocycles. The van der Waals surface area contributed by atoms with Gasteiger partial charge >= 0.3 is 5.97 Å². The zero-order chi connectivity index (χ0) is 19.2.